The molecule has 21 heavy (non-hydrogen) atoms. The summed E-state index contributed by atoms with van der Waals surface area (Å²) < 4.78 is 40.4. The van der Waals surface area contributed by atoms with Gasteiger partial charge in [-0.2, -0.15) is 13.2 Å². The number of nitrogens with zero attached hydrogens (tertiary/aromatic N) is 4. The van der Waals surface area contributed by atoms with Gasteiger partial charge in [-0.1, -0.05) is 23.2 Å². The van der Waals surface area contributed by atoms with Crippen LogP contribution in [-0.4, -0.2) is 26.4 Å². The molecule has 112 valence electrons. The largest absolute Gasteiger partial charge is 0.413 e. The Hall–Kier alpha value is -1.54. The second-order valence-electron chi connectivity index (χ2n) is 4.80. The summed E-state index contributed by atoms with van der Waals surface area (Å²) >= 11 is 11.7. The first-order valence-electron chi connectivity index (χ1n) is 5.87. The lowest BCUT2D eigenvalue weighted by Crippen LogP contribution is -2.36. The number of nitrogens with two attached hydrogens (primary N) is 1. The van der Waals surface area contributed by atoms with Gasteiger partial charge in [0, 0.05) is 5.56 Å². The second-order valence-corrected chi connectivity index (χ2v) is 5.59. The summed E-state index contributed by atoms with van der Waals surface area (Å²) in [5.74, 6) is -0.0462. The predicted octanol–water partition coefficient (Wildman–Crippen LogP) is 3.28. The molecule has 0 spiro atoms. The standard InChI is InChI=1S/C11H8Cl2F3N5/c12-6-3-5(4-7(17)8(6)13)9-18-19-20-21(9)10(1-2-10)11(14,15)16/h3-4H,1-2,17H2. The van der Waals surface area contributed by atoms with E-state index in [4.69, 9.17) is 28.9 Å². The van der Waals surface area contributed by atoms with Crippen LogP contribution in [0.15, 0.2) is 12.1 Å². The van der Waals surface area contributed by atoms with Crippen molar-refractivity contribution in [3.63, 3.8) is 0 Å². The van der Waals surface area contributed by atoms with Gasteiger partial charge >= 0.3 is 6.18 Å². The number of rotatable bonds is 2. The highest BCUT2D eigenvalue weighted by molar-refractivity contribution is 6.43. The maximum absolute atomic E-state index is 13.2. The minimum Gasteiger partial charge on any atom is -0.397 e. The van der Waals surface area contributed by atoms with Gasteiger partial charge in [0.15, 0.2) is 11.4 Å². The van der Waals surface area contributed by atoms with Gasteiger partial charge in [-0.15, -0.1) is 5.10 Å². The Morgan fingerprint density at radius 2 is 1.90 bits per heavy atom. The molecule has 0 unspecified atom stereocenters. The monoisotopic (exact) mass is 337 g/mol. The Balaban J connectivity index is 2.13. The van der Waals surface area contributed by atoms with Crippen LogP contribution in [0.1, 0.15) is 12.8 Å². The smallest absolute Gasteiger partial charge is 0.397 e. The molecule has 2 N–H and O–H groups in total. The van der Waals surface area contributed by atoms with E-state index in [1.54, 1.807) is 0 Å². The Morgan fingerprint density at radius 1 is 1.24 bits per heavy atom. The van der Waals surface area contributed by atoms with E-state index in [1.807, 2.05) is 0 Å². The third kappa shape index (κ3) is 2.13. The molecule has 3 rings (SSSR count). The summed E-state index contributed by atoms with van der Waals surface area (Å²) in [5.41, 5.74) is 4.05. The van der Waals surface area contributed by atoms with Crippen molar-refractivity contribution in [3.05, 3.63) is 22.2 Å². The first-order chi connectivity index (χ1) is 9.76. The lowest BCUT2D eigenvalue weighted by molar-refractivity contribution is -0.182. The van der Waals surface area contributed by atoms with E-state index in [1.165, 1.54) is 12.1 Å². The Labute approximate surface area is 126 Å². The minimum absolute atomic E-state index is 0.0462. The summed E-state index contributed by atoms with van der Waals surface area (Å²) in [6, 6.07) is 2.78. The van der Waals surface area contributed by atoms with Gasteiger partial charge in [0.1, 0.15) is 0 Å². The fraction of sp³-hybridized carbons (Fsp3) is 0.364. The zero-order valence-corrected chi connectivity index (χ0v) is 11.8. The summed E-state index contributed by atoms with van der Waals surface area (Å²) in [7, 11) is 0. The van der Waals surface area contributed by atoms with Gasteiger partial charge in [-0.3, -0.25) is 0 Å². The van der Waals surface area contributed by atoms with E-state index in [-0.39, 0.29) is 40.0 Å². The Bertz CT molecular complexity index is 685. The van der Waals surface area contributed by atoms with E-state index in [9.17, 15) is 13.2 Å². The first kappa shape index (κ1) is 14.4. The molecule has 1 heterocycles. The molecule has 2 aromatic rings. The molecule has 0 aliphatic heterocycles. The molecule has 1 aromatic heterocycles. The van der Waals surface area contributed by atoms with Crippen molar-refractivity contribution in [1.29, 1.82) is 0 Å². The van der Waals surface area contributed by atoms with Crippen molar-refractivity contribution in [2.24, 2.45) is 0 Å². The zero-order chi connectivity index (χ0) is 15.4. The number of benzene rings is 1. The highest BCUT2D eigenvalue weighted by atomic mass is 35.5. The van der Waals surface area contributed by atoms with Crippen LogP contribution in [0, 0.1) is 0 Å². The van der Waals surface area contributed by atoms with Gasteiger partial charge in [0.05, 0.1) is 15.7 Å². The molecule has 1 aliphatic rings. The van der Waals surface area contributed by atoms with Crippen molar-refractivity contribution in [1.82, 2.24) is 20.2 Å². The lowest BCUT2D eigenvalue weighted by atomic mass is 10.1. The number of halogens is 5. The number of anilines is 1. The highest BCUT2D eigenvalue weighted by Crippen LogP contribution is 2.56. The predicted molar refractivity (Wildman–Crippen MR) is 70.9 cm³/mol. The van der Waals surface area contributed by atoms with Crippen LogP contribution < -0.4 is 5.73 Å². The average molecular weight is 338 g/mol. The van der Waals surface area contributed by atoms with Crippen molar-refractivity contribution in [2.45, 2.75) is 24.6 Å². The molecule has 1 aliphatic carbocycles. The Morgan fingerprint density at radius 3 is 2.43 bits per heavy atom. The Kier molecular flexibility index (Phi) is 3.07. The maximum Gasteiger partial charge on any atom is 0.413 e. The van der Waals surface area contributed by atoms with Crippen LogP contribution in [-0.2, 0) is 5.54 Å². The van der Waals surface area contributed by atoms with Crippen LogP contribution in [0.4, 0.5) is 18.9 Å². The van der Waals surface area contributed by atoms with E-state index in [0.29, 0.717) is 0 Å². The fourth-order valence-electron chi connectivity index (χ4n) is 2.13. The van der Waals surface area contributed by atoms with Gasteiger partial charge in [-0.25, -0.2) is 4.68 Å². The molecule has 0 saturated heterocycles. The third-order valence-electron chi connectivity index (χ3n) is 3.44. The van der Waals surface area contributed by atoms with Gasteiger partial charge in [0.2, 0.25) is 0 Å². The molecule has 1 aromatic carbocycles. The van der Waals surface area contributed by atoms with Crippen LogP contribution in [0.2, 0.25) is 10.0 Å². The van der Waals surface area contributed by atoms with E-state index in [2.05, 4.69) is 15.5 Å². The maximum atomic E-state index is 13.2. The number of hydrogen-bond donors (Lipinski definition) is 1. The van der Waals surface area contributed by atoms with Crippen molar-refractivity contribution in [3.8, 4) is 11.4 Å². The lowest BCUT2D eigenvalue weighted by Gasteiger charge is -2.20. The van der Waals surface area contributed by atoms with Crippen molar-refractivity contribution in [2.75, 3.05) is 5.73 Å². The quantitative estimate of drug-likeness (QED) is 0.853. The topological polar surface area (TPSA) is 69.6 Å². The average Bonchev–Trinajstić information content (AvgIpc) is 3.07. The molecule has 1 saturated carbocycles. The van der Waals surface area contributed by atoms with Gasteiger partial charge in [0.25, 0.3) is 0 Å². The molecule has 0 radical (unpaired) electrons. The zero-order valence-electron chi connectivity index (χ0n) is 10.3. The fourth-order valence-corrected chi connectivity index (χ4v) is 2.46. The second kappa shape index (κ2) is 4.48. The molecule has 1 fully saturated rings. The first-order valence-corrected chi connectivity index (χ1v) is 6.62. The molecule has 0 amide bonds. The molecular weight excluding hydrogens is 330 g/mol. The van der Waals surface area contributed by atoms with Crippen LogP contribution in [0.25, 0.3) is 11.4 Å². The summed E-state index contributed by atoms with van der Waals surface area (Å²) in [5, 5.41) is 10.8. The molecule has 0 atom stereocenters. The molecule has 10 heteroatoms. The number of hydrogen-bond acceptors (Lipinski definition) is 4. The number of alkyl halides is 3. The van der Waals surface area contributed by atoms with E-state index < -0.39 is 11.7 Å². The van der Waals surface area contributed by atoms with E-state index in [0.717, 1.165) is 4.68 Å². The summed E-state index contributed by atoms with van der Waals surface area (Å²) in [6.07, 6.45) is -4.56. The van der Waals surface area contributed by atoms with E-state index >= 15 is 0 Å². The normalized spacial score (nSPS) is 17.0. The summed E-state index contributed by atoms with van der Waals surface area (Å²) in [4.78, 5) is 0. The molecule has 5 nitrogen and oxygen atoms in total. The van der Waals surface area contributed by atoms with Crippen LogP contribution in [0.5, 0.6) is 0 Å². The minimum atomic E-state index is -4.43. The molecular formula is C11H8Cl2F3N5. The SMILES string of the molecule is Nc1cc(-c2nnnn2C2(C(F)(F)F)CC2)cc(Cl)c1Cl. The molecule has 0 bridgehead atoms. The highest BCUT2D eigenvalue weighted by Gasteiger charge is 2.66. The summed E-state index contributed by atoms with van der Waals surface area (Å²) in [6.45, 7) is 0. The third-order valence-corrected chi connectivity index (χ3v) is 4.26. The number of tetrazole rings is 1. The van der Waals surface area contributed by atoms with Gasteiger partial charge in [-0.05, 0) is 35.4 Å². The van der Waals surface area contributed by atoms with Crippen molar-refractivity contribution >= 4 is 28.9 Å². The number of nitrogen functional groups attached to an aromatic ring is 1. The van der Waals surface area contributed by atoms with Crippen molar-refractivity contribution < 1.29 is 13.2 Å². The van der Waals surface area contributed by atoms with Gasteiger partial charge < -0.3 is 5.73 Å². The van der Waals surface area contributed by atoms with Crippen LogP contribution >= 0.6 is 23.2 Å². The number of aromatic nitrogens is 4. The van der Waals surface area contributed by atoms with Crippen LogP contribution in [0.3, 0.4) is 0 Å².